The third-order valence-electron chi connectivity index (χ3n) is 1.92. The molecule has 2 rings (SSSR count). The van der Waals surface area contributed by atoms with Crippen molar-refractivity contribution in [1.29, 1.82) is 0 Å². The lowest BCUT2D eigenvalue weighted by molar-refractivity contribution is 0.102. The van der Waals surface area contributed by atoms with Crippen LogP contribution in [-0.2, 0) is 0 Å². The van der Waals surface area contributed by atoms with E-state index in [0.29, 0.717) is 10.4 Å². The molecule has 0 aliphatic heterocycles. The standard InChI is InChI=1S/C10H7BrFN3O2/c1-5-14-15-10(17-5)13-9(16)7-4-6(12)2-3-8(7)11/h2-4H,1H3,(H,13,15,16). The second kappa shape index (κ2) is 4.62. The van der Waals surface area contributed by atoms with Crippen LogP contribution in [-0.4, -0.2) is 16.1 Å². The molecule has 0 aliphatic carbocycles. The van der Waals surface area contributed by atoms with E-state index in [1.807, 2.05) is 0 Å². The second-order valence-electron chi connectivity index (χ2n) is 3.20. The summed E-state index contributed by atoms with van der Waals surface area (Å²) in [4.78, 5) is 11.8. The zero-order valence-electron chi connectivity index (χ0n) is 8.70. The molecule has 0 atom stereocenters. The summed E-state index contributed by atoms with van der Waals surface area (Å²) in [6.45, 7) is 1.60. The van der Waals surface area contributed by atoms with Crippen LogP contribution < -0.4 is 5.32 Å². The zero-order valence-corrected chi connectivity index (χ0v) is 10.3. The van der Waals surface area contributed by atoms with Gasteiger partial charge in [-0.2, -0.15) is 0 Å². The molecule has 1 N–H and O–H groups in total. The molecule has 2 aromatic rings. The van der Waals surface area contributed by atoms with Crippen molar-refractivity contribution in [2.24, 2.45) is 0 Å². The summed E-state index contributed by atoms with van der Waals surface area (Å²) in [6.07, 6.45) is 0. The number of hydrogen-bond donors (Lipinski definition) is 1. The van der Waals surface area contributed by atoms with E-state index in [4.69, 9.17) is 4.42 Å². The number of benzene rings is 1. The van der Waals surface area contributed by atoms with Crippen LogP contribution in [0.15, 0.2) is 27.1 Å². The fourth-order valence-corrected chi connectivity index (χ4v) is 1.61. The van der Waals surface area contributed by atoms with E-state index in [1.54, 1.807) is 6.92 Å². The SMILES string of the molecule is Cc1nnc(NC(=O)c2cc(F)ccc2Br)o1. The highest BCUT2D eigenvalue weighted by Gasteiger charge is 2.14. The first kappa shape index (κ1) is 11.7. The van der Waals surface area contributed by atoms with Gasteiger partial charge in [-0.3, -0.25) is 10.1 Å². The minimum atomic E-state index is -0.528. The normalized spacial score (nSPS) is 10.3. The molecule has 5 nitrogen and oxygen atoms in total. The number of amides is 1. The molecule has 0 spiro atoms. The Morgan fingerprint density at radius 1 is 1.47 bits per heavy atom. The number of nitrogens with one attached hydrogen (secondary N) is 1. The maximum absolute atomic E-state index is 13.0. The molecule has 1 aromatic heterocycles. The average Bonchev–Trinajstić information content (AvgIpc) is 2.67. The number of nitrogens with zero attached hydrogens (tertiary/aromatic N) is 2. The van der Waals surface area contributed by atoms with Crippen LogP contribution in [0.2, 0.25) is 0 Å². The smallest absolute Gasteiger partial charge is 0.322 e. The minimum absolute atomic E-state index is 0.0244. The third kappa shape index (κ3) is 2.68. The lowest BCUT2D eigenvalue weighted by atomic mass is 10.2. The number of hydrogen-bond acceptors (Lipinski definition) is 4. The molecular weight excluding hydrogens is 293 g/mol. The van der Waals surface area contributed by atoms with Crippen molar-refractivity contribution in [3.63, 3.8) is 0 Å². The van der Waals surface area contributed by atoms with E-state index in [0.717, 1.165) is 6.07 Å². The highest BCUT2D eigenvalue weighted by molar-refractivity contribution is 9.10. The molecule has 88 valence electrons. The Bertz CT molecular complexity index is 570. The lowest BCUT2D eigenvalue weighted by Gasteiger charge is -2.03. The first-order chi connectivity index (χ1) is 8.06. The van der Waals surface area contributed by atoms with E-state index in [1.165, 1.54) is 12.1 Å². The maximum atomic E-state index is 13.0. The predicted octanol–water partition coefficient (Wildman–Crippen LogP) is 2.53. The Hall–Kier alpha value is -1.76. The van der Waals surface area contributed by atoms with E-state index in [9.17, 15) is 9.18 Å². The van der Waals surface area contributed by atoms with Crippen molar-refractivity contribution in [1.82, 2.24) is 10.2 Å². The first-order valence-electron chi connectivity index (χ1n) is 4.63. The van der Waals surface area contributed by atoms with Gasteiger partial charge in [0.25, 0.3) is 5.91 Å². The molecule has 0 fully saturated rings. The van der Waals surface area contributed by atoms with E-state index in [-0.39, 0.29) is 11.6 Å². The van der Waals surface area contributed by atoms with Gasteiger partial charge in [-0.05, 0) is 34.1 Å². The van der Waals surface area contributed by atoms with Crippen molar-refractivity contribution in [3.05, 3.63) is 39.9 Å². The van der Waals surface area contributed by atoms with Crippen LogP contribution in [0.5, 0.6) is 0 Å². The van der Waals surface area contributed by atoms with Gasteiger partial charge in [0.1, 0.15) is 5.82 Å². The van der Waals surface area contributed by atoms with Gasteiger partial charge >= 0.3 is 6.01 Å². The Morgan fingerprint density at radius 2 is 2.24 bits per heavy atom. The van der Waals surface area contributed by atoms with Gasteiger partial charge < -0.3 is 4.42 Å². The van der Waals surface area contributed by atoms with Crippen LogP contribution in [0.4, 0.5) is 10.4 Å². The molecule has 7 heteroatoms. The predicted molar refractivity (Wildman–Crippen MR) is 61.1 cm³/mol. The number of anilines is 1. The Labute approximate surface area is 104 Å². The average molecular weight is 300 g/mol. The molecule has 0 saturated carbocycles. The Balaban J connectivity index is 2.22. The van der Waals surface area contributed by atoms with Crippen LogP contribution in [0.3, 0.4) is 0 Å². The van der Waals surface area contributed by atoms with Gasteiger partial charge in [-0.1, -0.05) is 5.10 Å². The summed E-state index contributed by atoms with van der Waals surface area (Å²) in [7, 11) is 0. The topological polar surface area (TPSA) is 68.0 Å². The number of rotatable bonds is 2. The van der Waals surface area contributed by atoms with Gasteiger partial charge in [-0.25, -0.2) is 4.39 Å². The quantitative estimate of drug-likeness (QED) is 0.925. The molecular formula is C10H7BrFN3O2. The Kier molecular flexibility index (Phi) is 3.19. The fraction of sp³-hybridized carbons (Fsp3) is 0.100. The number of carbonyl (C=O) groups is 1. The van der Waals surface area contributed by atoms with Crippen LogP contribution in [0.25, 0.3) is 0 Å². The highest BCUT2D eigenvalue weighted by atomic mass is 79.9. The molecule has 1 amide bonds. The van der Waals surface area contributed by atoms with Gasteiger partial charge in [0.15, 0.2) is 0 Å². The van der Waals surface area contributed by atoms with E-state index >= 15 is 0 Å². The third-order valence-corrected chi connectivity index (χ3v) is 2.61. The van der Waals surface area contributed by atoms with Crippen molar-refractivity contribution >= 4 is 27.9 Å². The molecule has 0 saturated heterocycles. The lowest BCUT2D eigenvalue weighted by Crippen LogP contribution is -2.13. The summed E-state index contributed by atoms with van der Waals surface area (Å²) >= 11 is 3.16. The summed E-state index contributed by atoms with van der Waals surface area (Å²) in [5.41, 5.74) is 0.154. The van der Waals surface area contributed by atoms with Crippen molar-refractivity contribution in [2.75, 3.05) is 5.32 Å². The molecule has 0 aliphatic rings. The number of carbonyl (C=O) groups excluding carboxylic acids is 1. The van der Waals surface area contributed by atoms with E-state index < -0.39 is 11.7 Å². The molecule has 0 unspecified atom stereocenters. The summed E-state index contributed by atoms with van der Waals surface area (Å²) in [5.74, 6) is -0.696. The van der Waals surface area contributed by atoms with Gasteiger partial charge in [0, 0.05) is 11.4 Å². The number of aryl methyl sites for hydroxylation is 1. The summed E-state index contributed by atoms with van der Waals surface area (Å²) in [6, 6.07) is 3.78. The van der Waals surface area contributed by atoms with E-state index in [2.05, 4.69) is 31.4 Å². The van der Waals surface area contributed by atoms with Crippen LogP contribution in [0.1, 0.15) is 16.2 Å². The van der Waals surface area contributed by atoms with Crippen molar-refractivity contribution < 1.29 is 13.6 Å². The maximum Gasteiger partial charge on any atom is 0.322 e. The molecule has 17 heavy (non-hydrogen) atoms. The largest absolute Gasteiger partial charge is 0.408 e. The monoisotopic (exact) mass is 299 g/mol. The molecule has 1 aromatic carbocycles. The number of halogens is 2. The molecule has 0 radical (unpaired) electrons. The zero-order chi connectivity index (χ0) is 12.4. The van der Waals surface area contributed by atoms with Crippen LogP contribution >= 0.6 is 15.9 Å². The van der Waals surface area contributed by atoms with Gasteiger partial charge in [-0.15, -0.1) is 5.10 Å². The summed E-state index contributed by atoms with van der Waals surface area (Å²) < 4.78 is 18.5. The highest BCUT2D eigenvalue weighted by Crippen LogP contribution is 2.19. The second-order valence-corrected chi connectivity index (χ2v) is 4.06. The van der Waals surface area contributed by atoms with Crippen LogP contribution in [0, 0.1) is 12.7 Å². The van der Waals surface area contributed by atoms with Crippen molar-refractivity contribution in [2.45, 2.75) is 6.92 Å². The minimum Gasteiger partial charge on any atom is -0.408 e. The summed E-state index contributed by atoms with van der Waals surface area (Å²) in [5, 5.41) is 9.53. The Morgan fingerprint density at radius 3 is 2.88 bits per heavy atom. The van der Waals surface area contributed by atoms with Crippen molar-refractivity contribution in [3.8, 4) is 0 Å². The fourth-order valence-electron chi connectivity index (χ4n) is 1.18. The first-order valence-corrected chi connectivity index (χ1v) is 5.42. The molecule has 0 bridgehead atoms. The van der Waals surface area contributed by atoms with Gasteiger partial charge in [0.2, 0.25) is 5.89 Å². The van der Waals surface area contributed by atoms with Gasteiger partial charge in [0.05, 0.1) is 5.56 Å². The molecule has 1 heterocycles. The number of aromatic nitrogens is 2.